The van der Waals surface area contributed by atoms with Gasteiger partial charge < -0.3 is 16.2 Å². The summed E-state index contributed by atoms with van der Waals surface area (Å²) in [6.07, 6.45) is -4.49. The molecule has 4 N–H and O–H groups in total. The number of hydrogen-bond acceptors (Lipinski definition) is 5. The highest BCUT2D eigenvalue weighted by atomic mass is 19.4. The molecule has 1 aliphatic carbocycles. The van der Waals surface area contributed by atoms with Gasteiger partial charge in [-0.25, -0.2) is 0 Å². The number of alkyl halides is 3. The van der Waals surface area contributed by atoms with Crippen LogP contribution in [-0.4, -0.2) is 24.9 Å². The number of fused-ring (bicyclic) bond motifs is 1. The maximum absolute atomic E-state index is 13.1. The van der Waals surface area contributed by atoms with E-state index in [-0.39, 0.29) is 40.2 Å². The van der Waals surface area contributed by atoms with Crippen LogP contribution in [0, 0.1) is 0 Å². The van der Waals surface area contributed by atoms with E-state index in [1.54, 1.807) is 12.1 Å². The van der Waals surface area contributed by atoms with Gasteiger partial charge in [-0.15, -0.1) is 0 Å². The Bertz CT molecular complexity index is 865. The number of allylic oxidation sites excluding steroid dienone is 4. The molecular formula is C18H17F3N2O3. The van der Waals surface area contributed by atoms with Gasteiger partial charge in [0.1, 0.15) is 5.57 Å². The highest BCUT2D eigenvalue weighted by molar-refractivity contribution is 6.26. The number of halogens is 3. The molecule has 0 fully saturated rings. The molecule has 0 bridgehead atoms. The van der Waals surface area contributed by atoms with E-state index in [0.29, 0.717) is 6.08 Å². The fourth-order valence-corrected chi connectivity index (χ4v) is 2.61. The van der Waals surface area contributed by atoms with Crippen LogP contribution >= 0.6 is 0 Å². The van der Waals surface area contributed by atoms with Crippen molar-refractivity contribution in [1.29, 1.82) is 0 Å². The first-order valence-electron chi connectivity index (χ1n) is 7.53. The quantitative estimate of drug-likeness (QED) is 0.631. The minimum absolute atomic E-state index is 0.0555. The summed E-state index contributed by atoms with van der Waals surface area (Å²) in [6.45, 7) is 1.45. The minimum atomic E-state index is -4.78. The molecule has 138 valence electrons. The van der Waals surface area contributed by atoms with Crippen LogP contribution in [-0.2, 0) is 4.74 Å². The zero-order chi connectivity index (χ0) is 19.6. The third kappa shape index (κ3) is 3.63. The van der Waals surface area contributed by atoms with Crippen molar-refractivity contribution in [2.45, 2.75) is 19.5 Å². The molecule has 0 aliphatic heterocycles. The van der Waals surface area contributed by atoms with Gasteiger partial charge in [-0.2, -0.15) is 13.2 Å². The fourth-order valence-electron chi connectivity index (χ4n) is 2.61. The molecule has 0 spiro atoms. The van der Waals surface area contributed by atoms with Gasteiger partial charge in [-0.1, -0.05) is 24.3 Å². The number of ether oxygens (including phenoxy) is 1. The summed E-state index contributed by atoms with van der Waals surface area (Å²) >= 11 is 0. The zero-order valence-corrected chi connectivity index (χ0v) is 14.1. The molecule has 0 radical (unpaired) electrons. The van der Waals surface area contributed by atoms with Gasteiger partial charge in [-0.3, -0.25) is 9.59 Å². The van der Waals surface area contributed by atoms with Gasteiger partial charge in [0.2, 0.25) is 0 Å². The predicted octanol–water partition coefficient (Wildman–Crippen LogP) is 2.99. The average molecular weight is 366 g/mol. The first-order valence-corrected chi connectivity index (χ1v) is 7.53. The molecule has 1 aliphatic rings. The molecule has 2 rings (SSSR count). The summed E-state index contributed by atoms with van der Waals surface area (Å²) in [4.78, 5) is 25.0. The monoisotopic (exact) mass is 366 g/mol. The van der Waals surface area contributed by atoms with Crippen LogP contribution in [0.1, 0.15) is 34.1 Å². The van der Waals surface area contributed by atoms with Crippen molar-refractivity contribution in [2.75, 3.05) is 7.11 Å². The predicted molar refractivity (Wildman–Crippen MR) is 89.0 cm³/mol. The van der Waals surface area contributed by atoms with Crippen molar-refractivity contribution in [2.24, 2.45) is 11.5 Å². The molecule has 1 aromatic carbocycles. The van der Waals surface area contributed by atoms with Crippen molar-refractivity contribution < 1.29 is 27.5 Å². The van der Waals surface area contributed by atoms with Crippen LogP contribution in [0.5, 0.6) is 0 Å². The van der Waals surface area contributed by atoms with Crippen LogP contribution < -0.4 is 11.5 Å². The van der Waals surface area contributed by atoms with Gasteiger partial charge in [0.25, 0.3) is 0 Å². The number of rotatable bonds is 4. The Kier molecular flexibility index (Phi) is 5.25. The van der Waals surface area contributed by atoms with Crippen LogP contribution in [0.25, 0.3) is 0 Å². The summed E-state index contributed by atoms with van der Waals surface area (Å²) in [7, 11) is 0.998. The lowest BCUT2D eigenvalue weighted by atomic mass is 9.83. The van der Waals surface area contributed by atoms with Crippen LogP contribution in [0.2, 0.25) is 0 Å². The molecule has 0 aromatic heterocycles. The third-order valence-electron chi connectivity index (χ3n) is 3.99. The SMILES string of the molecule is CO/C(N)=C(/C=C(\N)CC1=C(C)C(=O)c2ccccc2C1=O)C(F)(F)F. The van der Waals surface area contributed by atoms with E-state index in [1.807, 2.05) is 0 Å². The Labute approximate surface area is 147 Å². The number of benzene rings is 1. The van der Waals surface area contributed by atoms with Crippen molar-refractivity contribution in [3.63, 3.8) is 0 Å². The molecule has 0 atom stereocenters. The number of ketones is 2. The number of Topliss-reactive ketones (excluding diaryl/α,β-unsaturated/α-hetero) is 2. The molecule has 0 heterocycles. The summed E-state index contributed by atoms with van der Waals surface area (Å²) in [5, 5.41) is 0. The van der Waals surface area contributed by atoms with Gasteiger partial charge >= 0.3 is 6.18 Å². The summed E-state index contributed by atoms with van der Waals surface area (Å²) in [5.41, 5.74) is 10.1. The van der Waals surface area contributed by atoms with E-state index in [2.05, 4.69) is 4.74 Å². The molecule has 8 heteroatoms. The van der Waals surface area contributed by atoms with E-state index in [9.17, 15) is 22.8 Å². The van der Waals surface area contributed by atoms with E-state index in [1.165, 1.54) is 19.1 Å². The Morgan fingerprint density at radius 3 is 2.15 bits per heavy atom. The lowest BCUT2D eigenvalue weighted by Gasteiger charge is -2.19. The molecule has 5 nitrogen and oxygen atoms in total. The molecule has 0 saturated heterocycles. The van der Waals surface area contributed by atoms with E-state index >= 15 is 0 Å². The second-order valence-corrected chi connectivity index (χ2v) is 5.68. The number of nitrogens with two attached hydrogens (primary N) is 2. The van der Waals surface area contributed by atoms with E-state index < -0.39 is 23.4 Å². The van der Waals surface area contributed by atoms with E-state index in [4.69, 9.17) is 11.5 Å². The first-order chi connectivity index (χ1) is 12.1. The topological polar surface area (TPSA) is 95.4 Å². The maximum atomic E-state index is 13.1. The van der Waals surface area contributed by atoms with Crippen LogP contribution in [0.4, 0.5) is 13.2 Å². The lowest BCUT2D eigenvalue weighted by Crippen LogP contribution is -2.23. The van der Waals surface area contributed by atoms with Crippen LogP contribution in [0.15, 0.2) is 58.6 Å². The van der Waals surface area contributed by atoms with Gasteiger partial charge in [0, 0.05) is 34.4 Å². The van der Waals surface area contributed by atoms with Gasteiger partial charge in [0.15, 0.2) is 17.4 Å². The number of methoxy groups -OCH3 is 1. The van der Waals surface area contributed by atoms with Crippen LogP contribution in [0.3, 0.4) is 0 Å². The second kappa shape index (κ2) is 7.07. The molecule has 0 amide bonds. The highest BCUT2D eigenvalue weighted by Gasteiger charge is 2.36. The minimum Gasteiger partial charge on any atom is -0.482 e. The van der Waals surface area contributed by atoms with Crippen molar-refractivity contribution in [3.05, 3.63) is 69.8 Å². The van der Waals surface area contributed by atoms with Crippen molar-refractivity contribution in [3.8, 4) is 0 Å². The largest absolute Gasteiger partial charge is 0.482 e. The molecular weight excluding hydrogens is 349 g/mol. The number of carbonyl (C=O) groups is 2. The zero-order valence-electron chi connectivity index (χ0n) is 14.1. The number of hydrogen-bond donors (Lipinski definition) is 2. The smallest absolute Gasteiger partial charge is 0.421 e. The molecule has 0 saturated carbocycles. The summed E-state index contributed by atoms with van der Waals surface area (Å²) < 4.78 is 43.6. The fraction of sp³-hybridized carbons (Fsp3) is 0.222. The normalized spacial score (nSPS) is 16.4. The Morgan fingerprint density at radius 1 is 1.12 bits per heavy atom. The number of carbonyl (C=O) groups excluding carboxylic acids is 2. The van der Waals surface area contributed by atoms with Crippen molar-refractivity contribution >= 4 is 11.6 Å². The van der Waals surface area contributed by atoms with E-state index in [0.717, 1.165) is 7.11 Å². The summed E-state index contributed by atoms with van der Waals surface area (Å²) in [5.74, 6) is -1.64. The molecule has 1 aromatic rings. The molecule has 26 heavy (non-hydrogen) atoms. The lowest BCUT2D eigenvalue weighted by molar-refractivity contribution is -0.0915. The highest BCUT2D eigenvalue weighted by Crippen LogP contribution is 2.32. The average Bonchev–Trinajstić information content (AvgIpc) is 2.59. The Hall–Kier alpha value is -3.03. The van der Waals surface area contributed by atoms with Gasteiger partial charge in [-0.05, 0) is 13.0 Å². The summed E-state index contributed by atoms with van der Waals surface area (Å²) in [6, 6.07) is 6.25. The second-order valence-electron chi connectivity index (χ2n) is 5.68. The third-order valence-corrected chi connectivity index (χ3v) is 3.99. The van der Waals surface area contributed by atoms with Gasteiger partial charge in [0.05, 0.1) is 7.11 Å². The Balaban J connectivity index is 2.43. The Morgan fingerprint density at radius 2 is 1.65 bits per heavy atom. The first kappa shape index (κ1) is 19.3. The maximum Gasteiger partial charge on any atom is 0.421 e. The standard InChI is InChI=1S/C18H17F3N2O3/c1-9-13(16(25)12-6-4-3-5-11(12)15(9)24)7-10(22)8-14(17(23)26-2)18(19,20)21/h3-6,8H,7,22-23H2,1-2H3/b10-8-,17-14-. The molecule has 0 unspecified atom stereocenters. The van der Waals surface area contributed by atoms with Crippen molar-refractivity contribution in [1.82, 2.24) is 0 Å².